The molecule has 0 aliphatic carbocycles. The van der Waals surface area contributed by atoms with Crippen LogP contribution < -0.4 is 5.73 Å². The maximum Gasteiger partial charge on any atom is 0.244 e. The van der Waals surface area contributed by atoms with Gasteiger partial charge < -0.3 is 10.5 Å². The number of ether oxygens (including phenoxy) is 1. The SMILES string of the molecule is C[C@@H]1CN(S(=O)(=O)c2cnc(N)c(Cl)c2)C[C@H](C)O1. The van der Waals surface area contributed by atoms with Gasteiger partial charge in [-0.25, -0.2) is 13.4 Å². The summed E-state index contributed by atoms with van der Waals surface area (Å²) in [5.41, 5.74) is 5.48. The van der Waals surface area contributed by atoms with Crippen molar-refractivity contribution in [2.45, 2.75) is 31.0 Å². The highest BCUT2D eigenvalue weighted by atomic mass is 35.5. The van der Waals surface area contributed by atoms with Gasteiger partial charge >= 0.3 is 0 Å². The number of pyridine rings is 1. The topological polar surface area (TPSA) is 85.5 Å². The molecule has 0 amide bonds. The molecule has 1 aromatic heterocycles. The second kappa shape index (κ2) is 5.24. The van der Waals surface area contributed by atoms with Crippen molar-refractivity contribution in [3.63, 3.8) is 0 Å². The number of halogens is 1. The minimum Gasteiger partial charge on any atom is -0.382 e. The van der Waals surface area contributed by atoms with Crippen molar-refractivity contribution < 1.29 is 13.2 Å². The Morgan fingerprint density at radius 3 is 2.53 bits per heavy atom. The smallest absolute Gasteiger partial charge is 0.244 e. The van der Waals surface area contributed by atoms with Gasteiger partial charge in [0.1, 0.15) is 10.7 Å². The van der Waals surface area contributed by atoms with E-state index in [1.807, 2.05) is 13.8 Å². The molecule has 2 N–H and O–H groups in total. The van der Waals surface area contributed by atoms with Gasteiger partial charge in [-0.15, -0.1) is 0 Å². The van der Waals surface area contributed by atoms with E-state index in [0.29, 0.717) is 13.1 Å². The average molecular weight is 306 g/mol. The molecule has 1 aromatic rings. The van der Waals surface area contributed by atoms with Gasteiger partial charge in [0, 0.05) is 19.3 Å². The van der Waals surface area contributed by atoms with Crippen LogP contribution in [0.25, 0.3) is 0 Å². The van der Waals surface area contributed by atoms with Gasteiger partial charge in [0.2, 0.25) is 10.0 Å². The largest absolute Gasteiger partial charge is 0.382 e. The zero-order valence-corrected chi connectivity index (χ0v) is 12.3. The molecular weight excluding hydrogens is 290 g/mol. The lowest BCUT2D eigenvalue weighted by Crippen LogP contribution is -2.48. The van der Waals surface area contributed by atoms with Gasteiger partial charge in [0.05, 0.1) is 17.2 Å². The van der Waals surface area contributed by atoms with Crippen LogP contribution in [-0.4, -0.2) is 43.0 Å². The molecule has 1 aliphatic rings. The normalized spacial score (nSPS) is 25.4. The summed E-state index contributed by atoms with van der Waals surface area (Å²) in [4.78, 5) is 3.84. The van der Waals surface area contributed by atoms with Gasteiger partial charge in [-0.2, -0.15) is 4.31 Å². The number of hydrogen-bond donors (Lipinski definition) is 1. The standard InChI is InChI=1S/C11H16ClN3O3S/c1-7-5-15(6-8(2)18-7)19(16,17)9-3-10(12)11(13)14-4-9/h3-4,7-8H,5-6H2,1-2H3,(H2,13,14)/t7-,8+. The molecule has 2 atom stereocenters. The van der Waals surface area contributed by atoms with Gasteiger partial charge in [-0.05, 0) is 19.9 Å². The summed E-state index contributed by atoms with van der Waals surface area (Å²) in [6, 6.07) is 1.32. The summed E-state index contributed by atoms with van der Waals surface area (Å²) in [6.45, 7) is 4.31. The molecule has 2 rings (SSSR count). The number of nitrogens with zero attached hydrogens (tertiary/aromatic N) is 2. The Hall–Kier alpha value is -0.890. The third kappa shape index (κ3) is 3.00. The van der Waals surface area contributed by atoms with E-state index in [2.05, 4.69) is 4.98 Å². The van der Waals surface area contributed by atoms with Crippen LogP contribution in [0.2, 0.25) is 5.02 Å². The van der Waals surface area contributed by atoms with E-state index >= 15 is 0 Å². The van der Waals surface area contributed by atoms with Crippen molar-refractivity contribution in [2.24, 2.45) is 0 Å². The van der Waals surface area contributed by atoms with Crippen LogP contribution in [0.3, 0.4) is 0 Å². The fourth-order valence-electron chi connectivity index (χ4n) is 2.05. The summed E-state index contributed by atoms with van der Waals surface area (Å²) in [7, 11) is -3.62. The second-order valence-corrected chi connectivity index (χ2v) is 6.96. The molecule has 6 nitrogen and oxygen atoms in total. The van der Waals surface area contributed by atoms with Gasteiger partial charge in [0.15, 0.2) is 0 Å². The van der Waals surface area contributed by atoms with Crippen molar-refractivity contribution in [1.82, 2.24) is 9.29 Å². The molecule has 0 aromatic carbocycles. The Bertz CT molecular complexity index is 569. The van der Waals surface area contributed by atoms with Gasteiger partial charge in [0.25, 0.3) is 0 Å². The van der Waals surface area contributed by atoms with Crippen molar-refractivity contribution in [3.05, 3.63) is 17.3 Å². The molecule has 0 unspecified atom stereocenters. The number of sulfonamides is 1. The first-order valence-corrected chi connectivity index (χ1v) is 7.69. The fourth-order valence-corrected chi connectivity index (χ4v) is 3.84. The lowest BCUT2D eigenvalue weighted by molar-refractivity contribution is -0.0440. The molecule has 8 heteroatoms. The lowest BCUT2D eigenvalue weighted by atomic mass is 10.3. The van der Waals surface area contributed by atoms with Crippen LogP contribution in [0, 0.1) is 0 Å². The zero-order valence-electron chi connectivity index (χ0n) is 10.7. The van der Waals surface area contributed by atoms with Crippen molar-refractivity contribution in [1.29, 1.82) is 0 Å². The second-order valence-electron chi connectivity index (χ2n) is 4.62. The van der Waals surface area contributed by atoms with Crippen molar-refractivity contribution in [3.8, 4) is 0 Å². The van der Waals surface area contributed by atoms with Crippen molar-refractivity contribution in [2.75, 3.05) is 18.8 Å². The Morgan fingerprint density at radius 1 is 1.42 bits per heavy atom. The Labute approximate surface area is 117 Å². The molecule has 1 fully saturated rings. The highest BCUT2D eigenvalue weighted by Crippen LogP contribution is 2.24. The Balaban J connectivity index is 2.33. The summed E-state index contributed by atoms with van der Waals surface area (Å²) < 4.78 is 31.9. The Kier molecular flexibility index (Phi) is 4.00. The van der Waals surface area contributed by atoms with Crippen LogP contribution in [0.15, 0.2) is 17.2 Å². The summed E-state index contributed by atoms with van der Waals surface area (Å²) in [6.07, 6.45) is 0.938. The fraction of sp³-hybridized carbons (Fsp3) is 0.545. The molecule has 0 spiro atoms. The number of morpholine rings is 1. The maximum absolute atomic E-state index is 12.5. The number of rotatable bonds is 2. The first-order chi connectivity index (χ1) is 8.80. The van der Waals surface area contributed by atoms with E-state index in [-0.39, 0.29) is 27.9 Å². The summed E-state index contributed by atoms with van der Waals surface area (Å²) >= 11 is 5.82. The molecule has 106 valence electrons. The molecule has 1 aliphatic heterocycles. The van der Waals surface area contributed by atoms with Crippen LogP contribution in [0.1, 0.15) is 13.8 Å². The average Bonchev–Trinajstić information content (AvgIpc) is 2.31. The molecule has 1 saturated heterocycles. The van der Waals surface area contributed by atoms with Crippen LogP contribution in [-0.2, 0) is 14.8 Å². The predicted octanol–water partition coefficient (Wildman–Crippen LogP) is 1.12. The van der Waals surface area contributed by atoms with E-state index in [9.17, 15) is 8.42 Å². The third-order valence-corrected chi connectivity index (χ3v) is 4.97. The maximum atomic E-state index is 12.5. The highest BCUT2D eigenvalue weighted by Gasteiger charge is 2.32. The first-order valence-electron chi connectivity index (χ1n) is 5.87. The number of nitrogens with two attached hydrogens (primary N) is 1. The predicted molar refractivity (Wildman–Crippen MR) is 72.4 cm³/mol. The molecular formula is C11H16ClN3O3S. The van der Waals surface area contributed by atoms with E-state index in [0.717, 1.165) is 0 Å². The quantitative estimate of drug-likeness (QED) is 0.885. The molecule has 0 radical (unpaired) electrons. The van der Waals surface area contributed by atoms with Crippen molar-refractivity contribution >= 4 is 27.4 Å². The van der Waals surface area contributed by atoms with E-state index in [4.69, 9.17) is 22.1 Å². The molecule has 0 bridgehead atoms. The minimum absolute atomic E-state index is 0.0491. The van der Waals surface area contributed by atoms with Crippen LogP contribution >= 0.6 is 11.6 Å². The third-order valence-electron chi connectivity index (χ3n) is 2.87. The van der Waals surface area contributed by atoms with Gasteiger partial charge in [-0.3, -0.25) is 0 Å². The highest BCUT2D eigenvalue weighted by molar-refractivity contribution is 7.89. The van der Waals surface area contributed by atoms with Crippen LogP contribution in [0.4, 0.5) is 5.82 Å². The summed E-state index contributed by atoms with van der Waals surface area (Å²) in [5, 5.41) is 0.135. The van der Waals surface area contributed by atoms with E-state index in [1.165, 1.54) is 16.6 Å². The summed E-state index contributed by atoms with van der Waals surface area (Å²) in [5.74, 6) is 0.115. The number of hydrogen-bond acceptors (Lipinski definition) is 5. The van der Waals surface area contributed by atoms with Crippen LogP contribution in [0.5, 0.6) is 0 Å². The minimum atomic E-state index is -3.62. The van der Waals surface area contributed by atoms with E-state index < -0.39 is 10.0 Å². The monoisotopic (exact) mass is 305 g/mol. The zero-order chi connectivity index (χ0) is 14.2. The van der Waals surface area contributed by atoms with E-state index in [1.54, 1.807) is 0 Å². The molecule has 2 heterocycles. The number of nitrogen functional groups attached to an aromatic ring is 1. The molecule has 0 saturated carbocycles. The Morgan fingerprint density at radius 2 is 2.00 bits per heavy atom. The van der Waals surface area contributed by atoms with Gasteiger partial charge in [-0.1, -0.05) is 11.6 Å². The lowest BCUT2D eigenvalue weighted by Gasteiger charge is -2.34. The number of aromatic nitrogens is 1. The first kappa shape index (κ1) is 14.5. The molecule has 19 heavy (non-hydrogen) atoms. The number of anilines is 1.